The molecular formula is C17H26N2O7. The molecule has 0 spiro atoms. The average Bonchev–Trinajstić information content (AvgIpc) is 2.86. The number of nitrogens with zero attached hydrogens (tertiary/aromatic N) is 1. The Morgan fingerprint density at radius 2 is 1.96 bits per heavy atom. The van der Waals surface area contributed by atoms with Gasteiger partial charge in [0.2, 0.25) is 5.91 Å². The lowest BCUT2D eigenvalue weighted by Gasteiger charge is -2.42. The standard InChI is InChI=1S/C17H26N2O7/c1-8(2)6-25-16(24)18-7-17(4,5)12-11(15(22)23)19-13(21)10(9(3)20)14(19)26-12/h8-10,14,20H,6-7H2,1-5H3,(H,18,24)(H,22,23)/t9-,10+,14-/m1/s1. The van der Waals surface area contributed by atoms with Crippen molar-refractivity contribution in [1.29, 1.82) is 0 Å². The molecule has 0 aromatic heterocycles. The van der Waals surface area contributed by atoms with Crippen LogP contribution in [0.2, 0.25) is 0 Å². The highest BCUT2D eigenvalue weighted by atomic mass is 16.5. The third-order valence-corrected chi connectivity index (χ3v) is 4.34. The fourth-order valence-electron chi connectivity index (χ4n) is 2.93. The fourth-order valence-corrected chi connectivity index (χ4v) is 2.93. The number of carbonyl (C=O) groups is 3. The van der Waals surface area contributed by atoms with Gasteiger partial charge in [-0.05, 0) is 12.8 Å². The summed E-state index contributed by atoms with van der Waals surface area (Å²) in [7, 11) is 0. The van der Waals surface area contributed by atoms with Gasteiger partial charge >= 0.3 is 12.1 Å². The Kier molecular flexibility index (Phi) is 5.50. The van der Waals surface area contributed by atoms with Crippen LogP contribution < -0.4 is 5.32 Å². The quantitative estimate of drug-likeness (QED) is 0.568. The second kappa shape index (κ2) is 7.14. The number of β-lactam (4-membered cyclic amide) rings is 1. The molecule has 0 aliphatic carbocycles. The van der Waals surface area contributed by atoms with E-state index in [4.69, 9.17) is 9.47 Å². The van der Waals surface area contributed by atoms with Gasteiger partial charge in [-0.3, -0.25) is 9.69 Å². The molecular weight excluding hydrogens is 344 g/mol. The molecule has 9 nitrogen and oxygen atoms in total. The van der Waals surface area contributed by atoms with Crippen molar-refractivity contribution in [3.8, 4) is 0 Å². The van der Waals surface area contributed by atoms with Gasteiger partial charge in [0.05, 0.1) is 12.7 Å². The van der Waals surface area contributed by atoms with Crippen LogP contribution in [-0.4, -0.2) is 58.6 Å². The van der Waals surface area contributed by atoms with Gasteiger partial charge in [-0.1, -0.05) is 27.7 Å². The molecule has 2 rings (SSSR count). The number of ether oxygens (including phenoxy) is 2. The number of carboxylic acid groups (broad SMARTS) is 1. The third-order valence-electron chi connectivity index (χ3n) is 4.34. The lowest BCUT2D eigenvalue weighted by molar-refractivity contribution is -0.183. The van der Waals surface area contributed by atoms with E-state index < -0.39 is 41.6 Å². The Morgan fingerprint density at radius 3 is 2.46 bits per heavy atom. The second-order valence-corrected chi connectivity index (χ2v) is 7.70. The first kappa shape index (κ1) is 20.0. The number of alkyl carbamates (subject to hydrolysis) is 1. The molecule has 3 N–H and O–H groups in total. The van der Waals surface area contributed by atoms with Crippen LogP contribution >= 0.6 is 0 Å². The Bertz CT molecular complexity index is 639. The van der Waals surface area contributed by atoms with Crippen molar-refractivity contribution >= 4 is 18.0 Å². The van der Waals surface area contributed by atoms with Crippen LogP contribution in [0.1, 0.15) is 34.6 Å². The number of aliphatic carboxylic acids is 1. The minimum atomic E-state index is -1.30. The van der Waals surface area contributed by atoms with Crippen LogP contribution in [-0.2, 0) is 19.1 Å². The lowest BCUT2D eigenvalue weighted by Crippen LogP contribution is -2.62. The molecule has 26 heavy (non-hydrogen) atoms. The number of hydrogen-bond donors (Lipinski definition) is 3. The van der Waals surface area contributed by atoms with Gasteiger partial charge in [-0.15, -0.1) is 0 Å². The number of carboxylic acids is 1. The molecule has 2 aliphatic heterocycles. The van der Waals surface area contributed by atoms with Crippen molar-refractivity contribution < 1.29 is 34.1 Å². The van der Waals surface area contributed by atoms with E-state index in [0.717, 1.165) is 4.90 Å². The largest absolute Gasteiger partial charge is 0.476 e. The lowest BCUT2D eigenvalue weighted by atomic mass is 9.88. The smallest absolute Gasteiger partial charge is 0.407 e. The number of hydrogen-bond acceptors (Lipinski definition) is 6. The van der Waals surface area contributed by atoms with Crippen LogP contribution in [0.25, 0.3) is 0 Å². The van der Waals surface area contributed by atoms with Gasteiger partial charge < -0.3 is 25.0 Å². The Hall–Kier alpha value is -2.29. The first-order chi connectivity index (χ1) is 12.0. The van der Waals surface area contributed by atoms with Crippen molar-refractivity contribution in [2.45, 2.75) is 47.0 Å². The zero-order valence-corrected chi connectivity index (χ0v) is 15.6. The zero-order valence-electron chi connectivity index (χ0n) is 15.6. The number of aliphatic hydroxyl groups excluding tert-OH is 1. The number of nitrogens with one attached hydrogen (secondary N) is 1. The SMILES string of the molecule is CC(C)COC(=O)NCC(C)(C)C1=C(C(=O)O)N2C(=O)[C@H]([C@@H](C)O)[C@H]2O1. The van der Waals surface area contributed by atoms with Crippen molar-refractivity contribution in [3.63, 3.8) is 0 Å². The molecule has 0 aromatic carbocycles. The Balaban J connectivity index is 2.13. The van der Waals surface area contributed by atoms with E-state index in [0.29, 0.717) is 0 Å². The van der Waals surface area contributed by atoms with E-state index in [1.807, 2.05) is 13.8 Å². The maximum atomic E-state index is 12.2. The summed E-state index contributed by atoms with van der Waals surface area (Å²) < 4.78 is 10.8. The van der Waals surface area contributed by atoms with E-state index in [2.05, 4.69) is 5.32 Å². The van der Waals surface area contributed by atoms with Crippen LogP contribution in [0.15, 0.2) is 11.5 Å². The molecule has 0 aromatic rings. The highest BCUT2D eigenvalue weighted by Gasteiger charge is 2.60. The number of carbonyl (C=O) groups excluding carboxylic acids is 2. The molecule has 1 fully saturated rings. The summed E-state index contributed by atoms with van der Waals surface area (Å²) in [6, 6.07) is 0. The highest BCUT2D eigenvalue weighted by Crippen LogP contribution is 2.46. The predicted molar refractivity (Wildman–Crippen MR) is 89.5 cm³/mol. The van der Waals surface area contributed by atoms with E-state index in [1.54, 1.807) is 13.8 Å². The number of aliphatic hydroxyl groups is 1. The number of amides is 2. The first-order valence-corrected chi connectivity index (χ1v) is 8.53. The molecule has 0 unspecified atom stereocenters. The molecule has 2 aliphatic rings. The summed E-state index contributed by atoms with van der Waals surface area (Å²) in [4.78, 5) is 36.7. The predicted octanol–water partition coefficient (Wildman–Crippen LogP) is 0.886. The van der Waals surface area contributed by atoms with E-state index in [-0.39, 0.29) is 30.5 Å². The van der Waals surface area contributed by atoms with Gasteiger partial charge in [0, 0.05) is 12.0 Å². The molecule has 0 saturated carbocycles. The van der Waals surface area contributed by atoms with Gasteiger partial charge in [-0.2, -0.15) is 0 Å². The summed E-state index contributed by atoms with van der Waals surface area (Å²) in [6.07, 6.45) is -2.40. The first-order valence-electron chi connectivity index (χ1n) is 8.53. The molecule has 9 heteroatoms. The van der Waals surface area contributed by atoms with Gasteiger partial charge in [0.15, 0.2) is 11.9 Å². The summed E-state index contributed by atoms with van der Waals surface area (Å²) in [6.45, 7) is 9.00. The third kappa shape index (κ3) is 3.62. The highest BCUT2D eigenvalue weighted by molar-refractivity contribution is 5.98. The molecule has 0 radical (unpaired) electrons. The van der Waals surface area contributed by atoms with Crippen molar-refractivity contribution in [2.24, 2.45) is 17.3 Å². The molecule has 3 atom stereocenters. The molecule has 2 heterocycles. The number of rotatable bonds is 7. The van der Waals surface area contributed by atoms with Crippen LogP contribution in [0, 0.1) is 17.3 Å². The zero-order chi connectivity index (χ0) is 19.8. The summed E-state index contributed by atoms with van der Waals surface area (Å²) in [5, 5.41) is 21.8. The monoisotopic (exact) mass is 370 g/mol. The van der Waals surface area contributed by atoms with Crippen molar-refractivity contribution in [3.05, 3.63) is 11.5 Å². The summed E-state index contributed by atoms with van der Waals surface area (Å²) >= 11 is 0. The number of fused-ring (bicyclic) bond motifs is 1. The van der Waals surface area contributed by atoms with Gasteiger partial charge in [-0.25, -0.2) is 9.59 Å². The van der Waals surface area contributed by atoms with E-state index >= 15 is 0 Å². The molecule has 2 amide bonds. The summed E-state index contributed by atoms with van der Waals surface area (Å²) in [5.41, 5.74) is -1.15. The average molecular weight is 370 g/mol. The maximum absolute atomic E-state index is 12.2. The molecule has 1 saturated heterocycles. The van der Waals surface area contributed by atoms with Gasteiger partial charge in [0.25, 0.3) is 0 Å². The van der Waals surface area contributed by atoms with Crippen LogP contribution in [0.5, 0.6) is 0 Å². The Morgan fingerprint density at radius 1 is 1.35 bits per heavy atom. The maximum Gasteiger partial charge on any atom is 0.407 e. The summed E-state index contributed by atoms with van der Waals surface area (Å²) in [5.74, 6) is -2.30. The van der Waals surface area contributed by atoms with Crippen molar-refractivity contribution in [2.75, 3.05) is 13.2 Å². The second-order valence-electron chi connectivity index (χ2n) is 7.70. The minimum Gasteiger partial charge on any atom is -0.476 e. The van der Waals surface area contributed by atoms with Crippen molar-refractivity contribution in [1.82, 2.24) is 10.2 Å². The van der Waals surface area contributed by atoms with E-state index in [9.17, 15) is 24.6 Å². The van der Waals surface area contributed by atoms with E-state index in [1.165, 1.54) is 6.92 Å². The Labute approximate surface area is 151 Å². The molecule has 0 bridgehead atoms. The topological polar surface area (TPSA) is 125 Å². The normalized spacial score (nSPS) is 23.3. The minimum absolute atomic E-state index is 0.0597. The van der Waals surface area contributed by atoms with Crippen LogP contribution in [0.4, 0.5) is 4.79 Å². The molecule has 146 valence electrons. The fraction of sp³-hybridized carbons (Fsp3) is 0.706. The van der Waals surface area contributed by atoms with Gasteiger partial charge in [0.1, 0.15) is 11.7 Å². The van der Waals surface area contributed by atoms with Crippen LogP contribution in [0.3, 0.4) is 0 Å².